The van der Waals surface area contributed by atoms with E-state index in [0.29, 0.717) is 12.0 Å². The van der Waals surface area contributed by atoms with Crippen LogP contribution in [-0.4, -0.2) is 17.9 Å². The van der Waals surface area contributed by atoms with Crippen molar-refractivity contribution in [3.8, 4) is 5.75 Å². The van der Waals surface area contributed by atoms with Crippen LogP contribution < -0.4 is 4.74 Å². The van der Waals surface area contributed by atoms with Crippen molar-refractivity contribution in [3.05, 3.63) is 65.2 Å². The van der Waals surface area contributed by atoms with Gasteiger partial charge in [0, 0.05) is 6.42 Å². The van der Waals surface area contributed by atoms with Crippen LogP contribution in [0.5, 0.6) is 5.75 Å². The van der Waals surface area contributed by atoms with E-state index in [1.807, 2.05) is 19.1 Å². The molecule has 0 radical (unpaired) electrons. The van der Waals surface area contributed by atoms with Gasteiger partial charge in [0.25, 0.3) is 0 Å². The van der Waals surface area contributed by atoms with Crippen molar-refractivity contribution in [2.45, 2.75) is 26.7 Å². The SMILES string of the molecule is CCC(=O)OC(=O)c1ccccc1OC(=O)c1ccccc1CC. The Bertz CT molecular complexity index is 764. The molecule has 0 aromatic heterocycles. The Balaban J connectivity index is 2.25. The smallest absolute Gasteiger partial charge is 0.349 e. The number of carbonyl (C=O) groups is 3. The Hall–Kier alpha value is -2.95. The number of benzene rings is 2. The largest absolute Gasteiger partial charge is 0.422 e. The third-order valence-electron chi connectivity index (χ3n) is 3.42. The molecule has 0 atom stereocenters. The van der Waals surface area contributed by atoms with Gasteiger partial charge in [-0.2, -0.15) is 0 Å². The fraction of sp³-hybridized carbons (Fsp3) is 0.211. The predicted molar refractivity (Wildman–Crippen MR) is 87.9 cm³/mol. The van der Waals surface area contributed by atoms with Crippen LogP contribution in [-0.2, 0) is 16.0 Å². The zero-order valence-electron chi connectivity index (χ0n) is 13.6. The number of ether oxygens (including phenoxy) is 2. The number of rotatable bonds is 5. The first kappa shape index (κ1) is 17.4. The van der Waals surface area contributed by atoms with E-state index in [1.165, 1.54) is 12.1 Å². The highest BCUT2D eigenvalue weighted by molar-refractivity contribution is 6.00. The maximum Gasteiger partial charge on any atom is 0.349 e. The van der Waals surface area contributed by atoms with Crippen LogP contribution in [0.3, 0.4) is 0 Å². The summed E-state index contributed by atoms with van der Waals surface area (Å²) in [5, 5.41) is 0. The molecular formula is C19H18O5. The molecule has 0 amide bonds. The van der Waals surface area contributed by atoms with Gasteiger partial charge in [-0.25, -0.2) is 9.59 Å². The quantitative estimate of drug-likeness (QED) is 0.477. The fourth-order valence-electron chi connectivity index (χ4n) is 2.14. The summed E-state index contributed by atoms with van der Waals surface area (Å²) in [6, 6.07) is 13.3. The van der Waals surface area contributed by atoms with E-state index >= 15 is 0 Å². The van der Waals surface area contributed by atoms with Crippen molar-refractivity contribution in [2.75, 3.05) is 0 Å². The highest BCUT2D eigenvalue weighted by Gasteiger charge is 2.20. The van der Waals surface area contributed by atoms with Crippen LogP contribution >= 0.6 is 0 Å². The molecule has 0 heterocycles. The lowest BCUT2D eigenvalue weighted by atomic mass is 10.1. The van der Waals surface area contributed by atoms with E-state index in [9.17, 15) is 14.4 Å². The van der Waals surface area contributed by atoms with E-state index in [0.717, 1.165) is 5.56 Å². The molecule has 2 rings (SSSR count). The number of para-hydroxylation sites is 1. The van der Waals surface area contributed by atoms with E-state index in [1.54, 1.807) is 31.2 Å². The molecule has 0 saturated carbocycles. The zero-order valence-corrected chi connectivity index (χ0v) is 13.6. The lowest BCUT2D eigenvalue weighted by Crippen LogP contribution is -2.16. The average molecular weight is 326 g/mol. The summed E-state index contributed by atoms with van der Waals surface area (Å²) >= 11 is 0. The molecule has 124 valence electrons. The molecule has 5 nitrogen and oxygen atoms in total. The monoisotopic (exact) mass is 326 g/mol. The molecule has 2 aromatic carbocycles. The minimum absolute atomic E-state index is 0.0293. The van der Waals surface area contributed by atoms with Crippen molar-refractivity contribution >= 4 is 17.9 Å². The molecule has 0 unspecified atom stereocenters. The van der Waals surface area contributed by atoms with E-state index < -0.39 is 17.9 Å². The summed E-state index contributed by atoms with van der Waals surface area (Å²) in [5.41, 5.74) is 1.32. The molecule has 2 aromatic rings. The maximum atomic E-state index is 12.4. The molecule has 5 heteroatoms. The Morgan fingerprint density at radius 1 is 0.833 bits per heavy atom. The number of hydrogen-bond acceptors (Lipinski definition) is 5. The van der Waals surface area contributed by atoms with Gasteiger partial charge in [0.1, 0.15) is 11.3 Å². The molecule has 0 aliphatic rings. The first-order chi connectivity index (χ1) is 11.6. The van der Waals surface area contributed by atoms with E-state index in [-0.39, 0.29) is 17.7 Å². The summed E-state index contributed by atoms with van der Waals surface area (Å²) in [7, 11) is 0. The molecule has 0 N–H and O–H groups in total. The standard InChI is InChI=1S/C19H18O5/c1-3-13-9-5-6-10-14(13)18(21)23-16-12-8-7-11-15(16)19(22)24-17(20)4-2/h5-12H,3-4H2,1-2H3. The Morgan fingerprint density at radius 2 is 1.46 bits per heavy atom. The molecule has 0 aliphatic heterocycles. The zero-order chi connectivity index (χ0) is 17.5. The van der Waals surface area contributed by atoms with Crippen LogP contribution in [0, 0.1) is 0 Å². The van der Waals surface area contributed by atoms with Gasteiger partial charge in [-0.05, 0) is 30.2 Å². The van der Waals surface area contributed by atoms with Crippen molar-refractivity contribution < 1.29 is 23.9 Å². The van der Waals surface area contributed by atoms with Crippen LogP contribution in [0.4, 0.5) is 0 Å². The highest BCUT2D eigenvalue weighted by atomic mass is 16.6. The van der Waals surface area contributed by atoms with Crippen molar-refractivity contribution in [3.63, 3.8) is 0 Å². The second kappa shape index (κ2) is 8.06. The van der Waals surface area contributed by atoms with E-state index in [4.69, 9.17) is 4.74 Å². The Labute approximate surface area is 140 Å². The minimum atomic E-state index is -0.839. The summed E-state index contributed by atoms with van der Waals surface area (Å²) in [6.45, 7) is 3.52. The van der Waals surface area contributed by atoms with Gasteiger partial charge in [-0.3, -0.25) is 4.79 Å². The molecule has 0 bridgehead atoms. The van der Waals surface area contributed by atoms with Gasteiger partial charge in [-0.1, -0.05) is 44.2 Å². The van der Waals surface area contributed by atoms with Crippen LogP contribution in [0.2, 0.25) is 0 Å². The summed E-state index contributed by atoms with van der Waals surface area (Å²) in [6.07, 6.45) is 0.761. The number of esters is 3. The third-order valence-corrected chi connectivity index (χ3v) is 3.42. The topological polar surface area (TPSA) is 69.7 Å². The normalized spacial score (nSPS) is 10.1. The fourth-order valence-corrected chi connectivity index (χ4v) is 2.14. The summed E-state index contributed by atoms with van der Waals surface area (Å²) in [4.78, 5) is 35.7. The molecular weight excluding hydrogens is 308 g/mol. The molecule has 0 aliphatic carbocycles. The van der Waals surface area contributed by atoms with Crippen molar-refractivity contribution in [1.29, 1.82) is 0 Å². The summed E-state index contributed by atoms with van der Waals surface area (Å²) in [5.74, 6) is -1.98. The third kappa shape index (κ3) is 4.07. The second-order valence-corrected chi connectivity index (χ2v) is 5.01. The first-order valence-electron chi connectivity index (χ1n) is 7.70. The molecule has 0 saturated heterocycles. The second-order valence-electron chi connectivity index (χ2n) is 5.01. The van der Waals surface area contributed by atoms with Gasteiger partial charge in [0.05, 0.1) is 5.56 Å². The highest BCUT2D eigenvalue weighted by Crippen LogP contribution is 2.21. The van der Waals surface area contributed by atoms with Gasteiger partial charge in [-0.15, -0.1) is 0 Å². The van der Waals surface area contributed by atoms with Crippen molar-refractivity contribution in [2.24, 2.45) is 0 Å². The minimum Gasteiger partial charge on any atom is -0.422 e. The average Bonchev–Trinajstić information content (AvgIpc) is 2.61. The lowest BCUT2D eigenvalue weighted by molar-refractivity contribution is -0.137. The summed E-state index contributed by atoms with van der Waals surface area (Å²) < 4.78 is 10.0. The lowest BCUT2D eigenvalue weighted by Gasteiger charge is -2.11. The Morgan fingerprint density at radius 3 is 2.12 bits per heavy atom. The van der Waals surface area contributed by atoms with E-state index in [2.05, 4.69) is 4.74 Å². The first-order valence-corrected chi connectivity index (χ1v) is 7.70. The van der Waals surface area contributed by atoms with Crippen LogP contribution in [0.25, 0.3) is 0 Å². The van der Waals surface area contributed by atoms with Gasteiger partial charge < -0.3 is 9.47 Å². The molecule has 0 fully saturated rings. The maximum absolute atomic E-state index is 12.4. The van der Waals surface area contributed by atoms with Crippen molar-refractivity contribution in [1.82, 2.24) is 0 Å². The number of carbonyl (C=O) groups excluding carboxylic acids is 3. The van der Waals surface area contributed by atoms with Gasteiger partial charge >= 0.3 is 17.9 Å². The number of hydrogen-bond donors (Lipinski definition) is 0. The van der Waals surface area contributed by atoms with Gasteiger partial charge in [0.15, 0.2) is 0 Å². The Kier molecular flexibility index (Phi) is 5.84. The molecule has 0 spiro atoms. The van der Waals surface area contributed by atoms with Crippen LogP contribution in [0.1, 0.15) is 46.5 Å². The predicted octanol–water partition coefficient (Wildman–Crippen LogP) is 3.56. The number of aryl methyl sites for hydroxylation is 1. The van der Waals surface area contributed by atoms with Crippen LogP contribution in [0.15, 0.2) is 48.5 Å². The molecule has 24 heavy (non-hydrogen) atoms. The van der Waals surface area contributed by atoms with Gasteiger partial charge in [0.2, 0.25) is 0 Å².